The van der Waals surface area contributed by atoms with Crippen molar-refractivity contribution >= 4 is 21.8 Å². The van der Waals surface area contributed by atoms with Crippen LogP contribution in [-0.2, 0) is 0 Å². The molecule has 0 spiro atoms. The standard InChI is InChI=1S/C26H21N3O3/c1-16-8-9-17(2)23(14-16)29-13-11-21-19(26(29)31)15-18-20(27-21)10-12-28(25(18)30)22-6-4-5-7-24(22)32-3/h4-15H,1-3H3. The van der Waals surface area contributed by atoms with Crippen LogP contribution in [0.25, 0.3) is 33.2 Å². The maximum atomic E-state index is 13.4. The van der Waals surface area contributed by atoms with Crippen molar-refractivity contribution < 1.29 is 4.74 Å². The summed E-state index contributed by atoms with van der Waals surface area (Å²) < 4.78 is 8.54. The topological polar surface area (TPSA) is 66.1 Å². The fraction of sp³-hybridized carbons (Fsp3) is 0.115. The molecule has 2 aromatic carbocycles. The van der Waals surface area contributed by atoms with E-state index in [9.17, 15) is 9.59 Å². The minimum atomic E-state index is -0.261. The molecule has 0 fully saturated rings. The second kappa shape index (κ2) is 7.50. The van der Waals surface area contributed by atoms with Crippen LogP contribution in [0.1, 0.15) is 11.1 Å². The SMILES string of the molecule is COc1ccccc1-n1ccc2nc3ccn(-c4cc(C)ccc4C)c(=O)c3cc2c1=O. The highest BCUT2D eigenvalue weighted by Crippen LogP contribution is 2.23. The molecular formula is C26H21N3O3. The summed E-state index contributed by atoms with van der Waals surface area (Å²) >= 11 is 0. The fourth-order valence-corrected chi connectivity index (χ4v) is 4.01. The third-order valence-electron chi connectivity index (χ3n) is 5.71. The number of aryl methyl sites for hydroxylation is 2. The lowest BCUT2D eigenvalue weighted by molar-refractivity contribution is 0.412. The molecule has 0 bridgehead atoms. The molecule has 5 aromatic rings. The Kier molecular flexibility index (Phi) is 4.63. The van der Waals surface area contributed by atoms with Crippen LogP contribution >= 0.6 is 0 Å². The van der Waals surface area contributed by atoms with E-state index in [1.54, 1.807) is 42.3 Å². The van der Waals surface area contributed by atoms with Crippen LogP contribution in [-0.4, -0.2) is 21.2 Å². The number of ether oxygens (including phenoxy) is 1. The van der Waals surface area contributed by atoms with Crippen molar-refractivity contribution in [3.63, 3.8) is 0 Å². The minimum absolute atomic E-state index is 0.210. The Morgan fingerprint density at radius 2 is 1.38 bits per heavy atom. The molecule has 0 radical (unpaired) electrons. The van der Waals surface area contributed by atoms with Crippen molar-refractivity contribution in [2.75, 3.05) is 7.11 Å². The van der Waals surface area contributed by atoms with Gasteiger partial charge in [0.05, 0.1) is 40.3 Å². The number of pyridine rings is 3. The van der Waals surface area contributed by atoms with Crippen molar-refractivity contribution in [2.45, 2.75) is 13.8 Å². The highest BCUT2D eigenvalue weighted by Gasteiger charge is 2.13. The van der Waals surface area contributed by atoms with E-state index in [1.807, 2.05) is 56.3 Å². The molecule has 0 amide bonds. The fourth-order valence-electron chi connectivity index (χ4n) is 4.01. The van der Waals surface area contributed by atoms with E-state index in [1.165, 1.54) is 4.57 Å². The molecule has 6 nitrogen and oxygen atoms in total. The molecule has 3 aromatic heterocycles. The van der Waals surface area contributed by atoms with Gasteiger partial charge in [0.1, 0.15) is 5.75 Å². The van der Waals surface area contributed by atoms with Gasteiger partial charge >= 0.3 is 0 Å². The summed E-state index contributed by atoms with van der Waals surface area (Å²) in [6, 6.07) is 18.5. The number of benzene rings is 2. The van der Waals surface area contributed by atoms with Gasteiger partial charge < -0.3 is 4.74 Å². The summed E-state index contributed by atoms with van der Waals surface area (Å²) in [5.74, 6) is 0.583. The quantitative estimate of drug-likeness (QED) is 0.406. The van der Waals surface area contributed by atoms with Crippen LogP contribution in [0.2, 0.25) is 0 Å². The van der Waals surface area contributed by atoms with E-state index in [-0.39, 0.29) is 11.1 Å². The second-order valence-electron chi connectivity index (χ2n) is 7.80. The van der Waals surface area contributed by atoms with E-state index in [4.69, 9.17) is 4.74 Å². The van der Waals surface area contributed by atoms with Crippen LogP contribution in [0, 0.1) is 13.8 Å². The van der Waals surface area contributed by atoms with Gasteiger partial charge in [-0.2, -0.15) is 0 Å². The first-order valence-corrected chi connectivity index (χ1v) is 10.3. The zero-order chi connectivity index (χ0) is 22.4. The second-order valence-corrected chi connectivity index (χ2v) is 7.80. The molecular weight excluding hydrogens is 402 g/mol. The third-order valence-corrected chi connectivity index (χ3v) is 5.71. The van der Waals surface area contributed by atoms with E-state index in [0.717, 1.165) is 16.8 Å². The number of hydrogen-bond donors (Lipinski definition) is 0. The number of nitrogens with zero attached hydrogens (tertiary/aromatic N) is 3. The summed E-state index contributed by atoms with van der Waals surface area (Å²) in [6.07, 6.45) is 3.42. The molecule has 0 unspecified atom stereocenters. The van der Waals surface area contributed by atoms with Gasteiger partial charge in [-0.15, -0.1) is 0 Å². The number of hydrogen-bond acceptors (Lipinski definition) is 4. The zero-order valence-electron chi connectivity index (χ0n) is 18.0. The first-order chi connectivity index (χ1) is 15.5. The molecule has 0 N–H and O–H groups in total. The average Bonchev–Trinajstić information content (AvgIpc) is 2.81. The molecule has 5 rings (SSSR count). The van der Waals surface area contributed by atoms with Gasteiger partial charge in [-0.05, 0) is 61.4 Å². The minimum Gasteiger partial charge on any atom is -0.495 e. The molecule has 0 atom stereocenters. The van der Waals surface area contributed by atoms with Crippen LogP contribution in [0.3, 0.4) is 0 Å². The van der Waals surface area contributed by atoms with Crippen molar-refractivity contribution in [3.8, 4) is 17.1 Å². The molecule has 0 aliphatic rings. The molecule has 0 aliphatic carbocycles. The Morgan fingerprint density at radius 1 is 0.750 bits per heavy atom. The van der Waals surface area contributed by atoms with Crippen LogP contribution < -0.4 is 15.9 Å². The summed E-state index contributed by atoms with van der Waals surface area (Å²) in [5.41, 5.74) is 4.12. The van der Waals surface area contributed by atoms with Gasteiger partial charge in [-0.3, -0.25) is 18.7 Å². The normalized spacial score (nSPS) is 11.2. The lowest BCUT2D eigenvalue weighted by atomic mass is 10.1. The molecule has 3 heterocycles. The largest absolute Gasteiger partial charge is 0.495 e. The summed E-state index contributed by atoms with van der Waals surface area (Å²) in [7, 11) is 1.57. The smallest absolute Gasteiger partial charge is 0.264 e. The molecule has 0 saturated heterocycles. The van der Waals surface area contributed by atoms with Crippen molar-refractivity contribution in [1.82, 2.24) is 14.1 Å². The summed E-state index contributed by atoms with van der Waals surface area (Å²) in [4.78, 5) is 31.4. The molecule has 0 aliphatic heterocycles. The number of methoxy groups -OCH3 is 1. The number of fused-ring (bicyclic) bond motifs is 2. The number of aromatic nitrogens is 3. The van der Waals surface area contributed by atoms with Crippen molar-refractivity contribution in [2.24, 2.45) is 0 Å². The van der Waals surface area contributed by atoms with Gasteiger partial charge in [0, 0.05) is 12.4 Å². The predicted octanol–water partition coefficient (Wildman–Crippen LogP) is 4.32. The Morgan fingerprint density at radius 3 is 2.03 bits per heavy atom. The van der Waals surface area contributed by atoms with Crippen LogP contribution in [0.15, 0.2) is 82.6 Å². The first-order valence-electron chi connectivity index (χ1n) is 10.3. The number of rotatable bonds is 3. The Bertz CT molecular complexity index is 1630. The Labute approximate surface area is 184 Å². The van der Waals surface area contributed by atoms with Crippen molar-refractivity contribution in [3.05, 3.63) is 105 Å². The highest BCUT2D eigenvalue weighted by atomic mass is 16.5. The van der Waals surface area contributed by atoms with Gasteiger partial charge in [-0.1, -0.05) is 24.3 Å². The molecule has 6 heteroatoms. The lowest BCUT2D eigenvalue weighted by Gasteiger charge is -2.13. The molecule has 32 heavy (non-hydrogen) atoms. The maximum Gasteiger partial charge on any atom is 0.264 e. The van der Waals surface area contributed by atoms with Gasteiger partial charge in [0.2, 0.25) is 0 Å². The zero-order valence-corrected chi connectivity index (χ0v) is 18.0. The first kappa shape index (κ1) is 19.8. The Hall–Kier alpha value is -4.19. The van der Waals surface area contributed by atoms with Gasteiger partial charge in [0.15, 0.2) is 0 Å². The molecule has 158 valence electrons. The number of para-hydroxylation sites is 2. The van der Waals surface area contributed by atoms with E-state index >= 15 is 0 Å². The highest BCUT2D eigenvalue weighted by molar-refractivity contribution is 5.92. The summed E-state index contributed by atoms with van der Waals surface area (Å²) in [6.45, 7) is 3.96. The molecule has 0 saturated carbocycles. The monoisotopic (exact) mass is 423 g/mol. The van der Waals surface area contributed by atoms with Crippen molar-refractivity contribution in [1.29, 1.82) is 0 Å². The summed E-state index contributed by atoms with van der Waals surface area (Å²) in [5, 5.41) is 0.775. The lowest BCUT2D eigenvalue weighted by Crippen LogP contribution is -2.21. The van der Waals surface area contributed by atoms with Crippen LogP contribution in [0.5, 0.6) is 5.75 Å². The van der Waals surface area contributed by atoms with E-state index in [0.29, 0.717) is 33.2 Å². The average molecular weight is 423 g/mol. The Balaban J connectivity index is 1.79. The van der Waals surface area contributed by atoms with Gasteiger partial charge in [-0.25, -0.2) is 4.98 Å². The third kappa shape index (κ3) is 3.08. The van der Waals surface area contributed by atoms with E-state index in [2.05, 4.69) is 4.98 Å². The van der Waals surface area contributed by atoms with Crippen LogP contribution in [0.4, 0.5) is 0 Å². The van der Waals surface area contributed by atoms with Gasteiger partial charge in [0.25, 0.3) is 11.1 Å². The predicted molar refractivity (Wildman–Crippen MR) is 126 cm³/mol. The maximum absolute atomic E-state index is 13.4. The van der Waals surface area contributed by atoms with E-state index < -0.39 is 0 Å².